The lowest BCUT2D eigenvalue weighted by Crippen LogP contribution is -2.42. The number of aromatic nitrogens is 2. The minimum Gasteiger partial charge on any atom is -0.477 e. The van der Waals surface area contributed by atoms with E-state index in [0.29, 0.717) is 10.3 Å². The van der Waals surface area contributed by atoms with Crippen LogP contribution in [0.15, 0.2) is 58.3 Å². The minimum absolute atomic E-state index is 0.0285. The zero-order valence-electron chi connectivity index (χ0n) is 17.8. The molecule has 0 aliphatic heterocycles. The molecule has 0 bridgehead atoms. The van der Waals surface area contributed by atoms with Gasteiger partial charge in [-0.25, -0.2) is 14.4 Å². The molecule has 0 fully saturated rings. The highest BCUT2D eigenvalue weighted by molar-refractivity contribution is 5.87. The summed E-state index contributed by atoms with van der Waals surface area (Å²) in [4.78, 5) is 48.8. The molecular formula is C22H18F3N3O6. The van der Waals surface area contributed by atoms with Crippen LogP contribution in [-0.4, -0.2) is 33.4 Å². The van der Waals surface area contributed by atoms with Gasteiger partial charge in [-0.2, -0.15) is 13.2 Å². The van der Waals surface area contributed by atoms with Crippen molar-refractivity contribution in [2.24, 2.45) is 0 Å². The second-order valence-corrected chi connectivity index (χ2v) is 7.14. The van der Waals surface area contributed by atoms with Gasteiger partial charge in [-0.3, -0.25) is 19.2 Å². The number of anilines is 1. The number of methoxy groups -OCH3 is 1. The van der Waals surface area contributed by atoms with Crippen LogP contribution in [0.3, 0.4) is 0 Å². The fourth-order valence-electron chi connectivity index (χ4n) is 3.28. The molecule has 0 aliphatic rings. The number of aromatic carboxylic acids is 1. The Morgan fingerprint density at radius 1 is 1.09 bits per heavy atom. The van der Waals surface area contributed by atoms with E-state index in [0.717, 1.165) is 22.9 Å². The zero-order chi connectivity index (χ0) is 25.2. The molecule has 3 rings (SSSR count). The van der Waals surface area contributed by atoms with Crippen molar-refractivity contribution in [1.29, 1.82) is 0 Å². The van der Waals surface area contributed by atoms with E-state index in [-0.39, 0.29) is 16.8 Å². The summed E-state index contributed by atoms with van der Waals surface area (Å²) in [5, 5.41) is 11.9. The Hall–Kier alpha value is -4.35. The van der Waals surface area contributed by atoms with E-state index in [2.05, 4.69) is 10.1 Å². The van der Waals surface area contributed by atoms with E-state index in [1.54, 1.807) is 0 Å². The summed E-state index contributed by atoms with van der Waals surface area (Å²) >= 11 is 0. The van der Waals surface area contributed by atoms with Gasteiger partial charge >= 0.3 is 23.9 Å². The number of benzene rings is 2. The van der Waals surface area contributed by atoms with Crippen LogP contribution in [0.4, 0.5) is 23.7 Å². The molecule has 0 atom stereocenters. The molecule has 1 amide bonds. The highest BCUT2D eigenvalue weighted by Crippen LogP contribution is 2.33. The van der Waals surface area contributed by atoms with Gasteiger partial charge in [-0.15, -0.1) is 0 Å². The number of hydrogen-bond acceptors (Lipinski definition) is 5. The molecule has 3 aromatic rings. The van der Waals surface area contributed by atoms with Crippen LogP contribution in [-0.2, 0) is 17.5 Å². The van der Waals surface area contributed by atoms with Crippen LogP contribution in [0.5, 0.6) is 0 Å². The third-order valence-corrected chi connectivity index (χ3v) is 5.06. The first-order chi connectivity index (χ1) is 15.9. The van der Waals surface area contributed by atoms with Gasteiger partial charge in [0.05, 0.1) is 24.9 Å². The molecule has 0 aliphatic carbocycles. The Morgan fingerprint density at radius 3 is 2.29 bits per heavy atom. The number of nitrogens with one attached hydrogen (secondary N) is 1. The molecule has 0 radical (unpaired) electrons. The molecule has 2 N–H and O–H groups in total. The van der Waals surface area contributed by atoms with Gasteiger partial charge in [-0.1, -0.05) is 12.1 Å². The molecule has 0 spiro atoms. The molecule has 0 unspecified atom stereocenters. The first kappa shape index (κ1) is 24.3. The number of carboxylic acid groups (broad SMARTS) is 1. The van der Waals surface area contributed by atoms with E-state index >= 15 is 0 Å². The fourth-order valence-corrected chi connectivity index (χ4v) is 3.28. The highest BCUT2D eigenvalue weighted by Gasteiger charge is 2.33. The number of halogens is 3. The maximum absolute atomic E-state index is 13.3. The third kappa shape index (κ3) is 4.85. The Labute approximate surface area is 189 Å². The van der Waals surface area contributed by atoms with Gasteiger partial charge in [0.1, 0.15) is 5.56 Å². The second-order valence-electron chi connectivity index (χ2n) is 7.14. The quantitative estimate of drug-likeness (QED) is 0.582. The number of nitrogens with zero attached hydrogens (tertiary/aromatic N) is 2. The van der Waals surface area contributed by atoms with E-state index in [9.17, 15) is 37.5 Å². The minimum atomic E-state index is -4.64. The van der Waals surface area contributed by atoms with Gasteiger partial charge in [0.2, 0.25) is 0 Å². The lowest BCUT2D eigenvalue weighted by atomic mass is 10.0. The number of alkyl halides is 3. The number of carbonyl (C=O) groups is 2. The summed E-state index contributed by atoms with van der Waals surface area (Å²) in [6.45, 7) is 0.631. The SMILES string of the molecule is COC(=O)Nc1ccc(-n2cc(C(=O)O)c(=O)n(Cc3cccc(C(F)(F)F)c3C)c2=O)cc1. The number of hydrogen-bond donors (Lipinski definition) is 2. The summed E-state index contributed by atoms with van der Waals surface area (Å²) in [5.74, 6) is -1.61. The average Bonchev–Trinajstić information content (AvgIpc) is 2.77. The number of ether oxygens (including phenoxy) is 1. The van der Waals surface area contributed by atoms with Crippen molar-refractivity contribution >= 4 is 17.7 Å². The first-order valence-corrected chi connectivity index (χ1v) is 9.65. The van der Waals surface area contributed by atoms with Crippen molar-refractivity contribution in [2.45, 2.75) is 19.6 Å². The van der Waals surface area contributed by atoms with E-state index < -0.39 is 47.2 Å². The van der Waals surface area contributed by atoms with E-state index in [4.69, 9.17) is 0 Å². The van der Waals surface area contributed by atoms with Crippen LogP contribution in [0, 0.1) is 6.92 Å². The van der Waals surface area contributed by atoms with Gasteiger partial charge in [0, 0.05) is 11.9 Å². The van der Waals surface area contributed by atoms with Crippen LogP contribution in [0.2, 0.25) is 0 Å². The van der Waals surface area contributed by atoms with Crippen molar-refractivity contribution in [3.63, 3.8) is 0 Å². The lowest BCUT2D eigenvalue weighted by molar-refractivity contribution is -0.138. The predicted octanol–water partition coefficient (Wildman–Crippen LogP) is 3.25. The number of rotatable bonds is 5. The Kier molecular flexibility index (Phi) is 6.61. The summed E-state index contributed by atoms with van der Waals surface area (Å²) < 4.78 is 45.7. The molecule has 1 aromatic heterocycles. The molecular weight excluding hydrogens is 459 g/mol. The predicted molar refractivity (Wildman–Crippen MR) is 115 cm³/mol. The summed E-state index contributed by atoms with van der Waals surface area (Å²) in [6, 6.07) is 8.91. The number of amides is 1. The topological polar surface area (TPSA) is 120 Å². The maximum Gasteiger partial charge on any atom is 0.416 e. The van der Waals surface area contributed by atoms with E-state index in [1.807, 2.05) is 0 Å². The normalized spacial score (nSPS) is 11.2. The largest absolute Gasteiger partial charge is 0.477 e. The van der Waals surface area contributed by atoms with Crippen molar-refractivity contribution in [1.82, 2.24) is 9.13 Å². The molecule has 1 heterocycles. The fraction of sp³-hybridized carbons (Fsp3) is 0.182. The molecule has 0 saturated heterocycles. The maximum atomic E-state index is 13.3. The molecule has 12 heteroatoms. The molecule has 2 aromatic carbocycles. The van der Waals surface area contributed by atoms with Gasteiger partial charge in [0.25, 0.3) is 5.56 Å². The van der Waals surface area contributed by atoms with Crippen molar-refractivity contribution in [3.8, 4) is 5.69 Å². The molecule has 0 saturated carbocycles. The van der Waals surface area contributed by atoms with Crippen molar-refractivity contribution in [2.75, 3.05) is 12.4 Å². The monoisotopic (exact) mass is 477 g/mol. The Morgan fingerprint density at radius 2 is 1.74 bits per heavy atom. The summed E-state index contributed by atoms with van der Waals surface area (Å²) in [7, 11) is 1.17. The molecule has 178 valence electrons. The molecule has 34 heavy (non-hydrogen) atoms. The number of carboxylic acids is 1. The highest BCUT2D eigenvalue weighted by atomic mass is 19.4. The zero-order valence-corrected chi connectivity index (χ0v) is 17.8. The first-order valence-electron chi connectivity index (χ1n) is 9.65. The second kappa shape index (κ2) is 9.25. The van der Waals surface area contributed by atoms with Gasteiger partial charge in [-0.05, 0) is 48.4 Å². The van der Waals surface area contributed by atoms with Crippen LogP contribution >= 0.6 is 0 Å². The Balaban J connectivity index is 2.14. The average molecular weight is 477 g/mol. The summed E-state index contributed by atoms with van der Waals surface area (Å²) in [5.41, 5.74) is -3.49. The van der Waals surface area contributed by atoms with Gasteiger partial charge < -0.3 is 9.84 Å². The van der Waals surface area contributed by atoms with E-state index in [1.165, 1.54) is 44.4 Å². The molecule has 9 nitrogen and oxygen atoms in total. The van der Waals surface area contributed by atoms with Crippen LogP contribution in [0.25, 0.3) is 5.69 Å². The Bertz CT molecular complexity index is 1370. The lowest BCUT2D eigenvalue weighted by Gasteiger charge is -2.16. The number of carbonyl (C=O) groups excluding carboxylic acids is 1. The van der Waals surface area contributed by atoms with Crippen molar-refractivity contribution < 1.29 is 32.6 Å². The van der Waals surface area contributed by atoms with Crippen LogP contribution in [0.1, 0.15) is 27.0 Å². The summed E-state index contributed by atoms with van der Waals surface area (Å²) in [6.07, 6.45) is -4.54. The third-order valence-electron chi connectivity index (χ3n) is 5.06. The van der Waals surface area contributed by atoms with Crippen molar-refractivity contribution in [3.05, 3.63) is 91.8 Å². The van der Waals surface area contributed by atoms with Gasteiger partial charge in [0.15, 0.2) is 0 Å². The standard InChI is InChI=1S/C22H18F3N3O6/c1-12-13(4-3-5-17(12)22(23,24)25)10-28-18(29)16(19(30)31)11-27(21(28)33)15-8-6-14(7-9-15)26-20(32)34-2/h3-9,11H,10H2,1-2H3,(H,26,32)(H,30,31). The van der Waals surface area contributed by atoms with Crippen LogP contribution < -0.4 is 16.6 Å². The smallest absolute Gasteiger partial charge is 0.416 e.